The van der Waals surface area contributed by atoms with E-state index in [1.807, 2.05) is 47.0 Å². The fourth-order valence-electron chi connectivity index (χ4n) is 3.89. The molecule has 3 aromatic rings. The zero-order valence-corrected chi connectivity index (χ0v) is 16.3. The van der Waals surface area contributed by atoms with Crippen LogP contribution in [-0.4, -0.2) is 50.8 Å². The minimum absolute atomic E-state index is 0.0688. The van der Waals surface area contributed by atoms with E-state index in [2.05, 4.69) is 15.2 Å². The summed E-state index contributed by atoms with van der Waals surface area (Å²) in [5.74, 6) is 2.37. The standard InChI is InChI=1S/C21H25N5O2/c1-25-14-23-24-20(25)11-15-7-9-26(10-8-15)21(27)18-13-22-12-17(18)16-5-3-4-6-19(16)28-2/h3-6,12-15,22H,7-11H2,1-2H3. The molecule has 0 unspecified atom stereocenters. The number of carbonyl (C=O) groups excluding carboxylic acids is 1. The molecule has 0 bridgehead atoms. The van der Waals surface area contributed by atoms with Gasteiger partial charge in [-0.3, -0.25) is 4.79 Å². The first kappa shape index (κ1) is 18.3. The molecule has 1 aliphatic rings. The molecule has 0 radical (unpaired) electrons. The van der Waals surface area contributed by atoms with Gasteiger partial charge in [0.05, 0.1) is 12.7 Å². The highest BCUT2D eigenvalue weighted by atomic mass is 16.5. The van der Waals surface area contributed by atoms with Gasteiger partial charge in [-0.25, -0.2) is 0 Å². The van der Waals surface area contributed by atoms with Crippen molar-refractivity contribution >= 4 is 5.91 Å². The zero-order valence-electron chi connectivity index (χ0n) is 16.3. The molecular weight excluding hydrogens is 354 g/mol. The minimum Gasteiger partial charge on any atom is -0.496 e. The van der Waals surface area contributed by atoms with Crippen LogP contribution in [-0.2, 0) is 13.5 Å². The Bertz CT molecular complexity index is 953. The Kier molecular flexibility index (Phi) is 5.14. The van der Waals surface area contributed by atoms with Gasteiger partial charge in [0.1, 0.15) is 17.9 Å². The quantitative estimate of drug-likeness (QED) is 0.740. The van der Waals surface area contributed by atoms with Crippen molar-refractivity contribution in [3.8, 4) is 16.9 Å². The number of para-hydroxylation sites is 1. The average Bonchev–Trinajstić information content (AvgIpc) is 3.37. The molecule has 7 nitrogen and oxygen atoms in total. The number of aromatic amines is 1. The Morgan fingerprint density at radius 2 is 2.00 bits per heavy atom. The molecule has 0 spiro atoms. The van der Waals surface area contributed by atoms with Crippen LogP contribution in [0.1, 0.15) is 29.0 Å². The maximum Gasteiger partial charge on any atom is 0.256 e. The van der Waals surface area contributed by atoms with E-state index in [4.69, 9.17) is 4.74 Å². The Hall–Kier alpha value is -3.09. The van der Waals surface area contributed by atoms with Gasteiger partial charge >= 0.3 is 0 Å². The molecule has 0 atom stereocenters. The Morgan fingerprint density at radius 3 is 2.71 bits per heavy atom. The third-order valence-corrected chi connectivity index (χ3v) is 5.55. The van der Waals surface area contributed by atoms with Gasteiger partial charge in [-0.2, -0.15) is 0 Å². The van der Waals surface area contributed by atoms with Crippen LogP contribution < -0.4 is 4.74 Å². The van der Waals surface area contributed by atoms with E-state index in [0.29, 0.717) is 11.5 Å². The van der Waals surface area contributed by atoms with Crippen LogP contribution in [0.3, 0.4) is 0 Å². The predicted octanol–water partition coefficient (Wildman–Crippen LogP) is 2.91. The number of piperidine rings is 1. The third kappa shape index (κ3) is 3.52. The number of methoxy groups -OCH3 is 1. The van der Waals surface area contributed by atoms with E-state index in [1.165, 1.54) is 0 Å². The molecule has 28 heavy (non-hydrogen) atoms. The smallest absolute Gasteiger partial charge is 0.256 e. The van der Waals surface area contributed by atoms with E-state index in [9.17, 15) is 4.79 Å². The first-order valence-electron chi connectivity index (χ1n) is 9.59. The molecule has 0 aliphatic carbocycles. The fourth-order valence-corrected chi connectivity index (χ4v) is 3.89. The first-order chi connectivity index (χ1) is 13.7. The lowest BCUT2D eigenvalue weighted by molar-refractivity contribution is 0.0690. The molecule has 4 rings (SSSR count). The van der Waals surface area contributed by atoms with Crippen molar-refractivity contribution in [3.05, 3.63) is 54.4 Å². The van der Waals surface area contributed by atoms with Crippen LogP contribution in [0, 0.1) is 5.92 Å². The number of hydrogen-bond donors (Lipinski definition) is 1. The van der Waals surface area contributed by atoms with Gasteiger partial charge in [0, 0.05) is 50.1 Å². The molecule has 0 saturated carbocycles. The van der Waals surface area contributed by atoms with Gasteiger partial charge in [-0.05, 0) is 24.8 Å². The summed E-state index contributed by atoms with van der Waals surface area (Å²) in [7, 11) is 3.62. The van der Waals surface area contributed by atoms with Gasteiger partial charge in [-0.1, -0.05) is 18.2 Å². The summed E-state index contributed by atoms with van der Waals surface area (Å²) in [4.78, 5) is 18.2. The zero-order chi connectivity index (χ0) is 19.5. The van der Waals surface area contributed by atoms with Crippen molar-refractivity contribution in [2.24, 2.45) is 13.0 Å². The topological polar surface area (TPSA) is 76.0 Å². The van der Waals surface area contributed by atoms with Gasteiger partial charge in [0.15, 0.2) is 0 Å². The minimum atomic E-state index is 0.0688. The number of H-pyrrole nitrogens is 1. The lowest BCUT2D eigenvalue weighted by atomic mass is 9.92. The number of likely N-dealkylation sites (tertiary alicyclic amines) is 1. The van der Waals surface area contributed by atoms with E-state index in [-0.39, 0.29) is 5.91 Å². The normalized spacial score (nSPS) is 15.0. The van der Waals surface area contributed by atoms with Crippen molar-refractivity contribution in [1.82, 2.24) is 24.6 Å². The van der Waals surface area contributed by atoms with E-state index in [0.717, 1.165) is 55.1 Å². The summed E-state index contributed by atoms with van der Waals surface area (Å²) in [6, 6.07) is 7.77. The highest BCUT2D eigenvalue weighted by Crippen LogP contribution is 2.33. The average molecular weight is 379 g/mol. The summed E-state index contributed by atoms with van der Waals surface area (Å²) in [6.45, 7) is 1.52. The molecule has 1 aliphatic heterocycles. The molecule has 1 fully saturated rings. The number of carbonyl (C=O) groups is 1. The molecule has 1 aromatic carbocycles. The van der Waals surface area contributed by atoms with Gasteiger partial charge in [0.2, 0.25) is 0 Å². The Labute approximate surface area is 164 Å². The molecule has 1 N–H and O–H groups in total. The summed E-state index contributed by atoms with van der Waals surface area (Å²) >= 11 is 0. The van der Waals surface area contributed by atoms with E-state index < -0.39 is 0 Å². The number of aromatic nitrogens is 4. The molecule has 3 heterocycles. The SMILES string of the molecule is COc1ccccc1-c1c[nH]cc1C(=O)N1CCC(Cc2nncn2C)CC1. The van der Waals surface area contributed by atoms with Crippen LogP contribution in [0.15, 0.2) is 43.0 Å². The Balaban J connectivity index is 1.45. The number of nitrogens with zero attached hydrogens (tertiary/aromatic N) is 4. The van der Waals surface area contributed by atoms with Gasteiger partial charge in [0.25, 0.3) is 5.91 Å². The summed E-state index contributed by atoms with van der Waals surface area (Å²) in [5.41, 5.74) is 2.49. The molecule has 146 valence electrons. The van der Waals surface area contributed by atoms with Crippen LogP contribution in [0.25, 0.3) is 11.1 Å². The predicted molar refractivity (Wildman–Crippen MR) is 106 cm³/mol. The van der Waals surface area contributed by atoms with E-state index >= 15 is 0 Å². The Morgan fingerprint density at radius 1 is 1.21 bits per heavy atom. The van der Waals surface area contributed by atoms with Crippen molar-refractivity contribution in [2.75, 3.05) is 20.2 Å². The summed E-state index contributed by atoms with van der Waals surface area (Å²) < 4.78 is 7.44. The second-order valence-corrected chi connectivity index (χ2v) is 7.28. The number of hydrogen-bond acceptors (Lipinski definition) is 4. The highest BCUT2D eigenvalue weighted by Gasteiger charge is 2.27. The number of rotatable bonds is 5. The van der Waals surface area contributed by atoms with Crippen LogP contribution in [0.5, 0.6) is 5.75 Å². The molecule has 7 heteroatoms. The van der Waals surface area contributed by atoms with Crippen molar-refractivity contribution < 1.29 is 9.53 Å². The lowest BCUT2D eigenvalue weighted by Crippen LogP contribution is -2.39. The summed E-state index contributed by atoms with van der Waals surface area (Å²) in [5, 5.41) is 8.13. The number of benzene rings is 1. The van der Waals surface area contributed by atoms with Gasteiger partial charge < -0.3 is 19.2 Å². The lowest BCUT2D eigenvalue weighted by Gasteiger charge is -2.32. The molecule has 2 aromatic heterocycles. The number of nitrogens with one attached hydrogen (secondary N) is 1. The third-order valence-electron chi connectivity index (χ3n) is 5.55. The molecule has 1 saturated heterocycles. The van der Waals surface area contributed by atoms with Crippen molar-refractivity contribution in [2.45, 2.75) is 19.3 Å². The van der Waals surface area contributed by atoms with Crippen LogP contribution in [0.2, 0.25) is 0 Å². The monoisotopic (exact) mass is 379 g/mol. The van der Waals surface area contributed by atoms with Crippen LogP contribution >= 0.6 is 0 Å². The van der Waals surface area contributed by atoms with Crippen molar-refractivity contribution in [1.29, 1.82) is 0 Å². The van der Waals surface area contributed by atoms with Crippen molar-refractivity contribution in [3.63, 3.8) is 0 Å². The number of amides is 1. The second-order valence-electron chi connectivity index (χ2n) is 7.28. The molecular formula is C21H25N5O2. The number of ether oxygens (including phenoxy) is 1. The largest absolute Gasteiger partial charge is 0.496 e. The molecule has 1 amide bonds. The second kappa shape index (κ2) is 7.88. The summed E-state index contributed by atoms with van der Waals surface area (Å²) in [6.07, 6.45) is 8.26. The van der Waals surface area contributed by atoms with Crippen LogP contribution in [0.4, 0.5) is 0 Å². The highest BCUT2D eigenvalue weighted by molar-refractivity contribution is 6.01. The fraction of sp³-hybridized carbons (Fsp3) is 0.381. The maximum absolute atomic E-state index is 13.2. The number of aryl methyl sites for hydroxylation is 1. The van der Waals surface area contributed by atoms with Gasteiger partial charge in [-0.15, -0.1) is 10.2 Å². The first-order valence-corrected chi connectivity index (χ1v) is 9.59. The van der Waals surface area contributed by atoms with E-state index in [1.54, 1.807) is 19.6 Å². The maximum atomic E-state index is 13.2.